The molecule has 0 bridgehead atoms. The van der Waals surface area contributed by atoms with Crippen LogP contribution in [0.15, 0.2) is 77.7 Å². The first-order chi connectivity index (χ1) is 27.8. The van der Waals surface area contributed by atoms with Gasteiger partial charge in [0.2, 0.25) is 17.8 Å². The van der Waals surface area contributed by atoms with Crippen LogP contribution in [0.2, 0.25) is 0 Å². The number of piperidine rings is 1. The molecule has 58 heavy (non-hydrogen) atoms. The number of para-hydroxylation sites is 1. The zero-order valence-corrected chi connectivity index (χ0v) is 34.6. The Hall–Kier alpha value is -6.06. The summed E-state index contributed by atoms with van der Waals surface area (Å²) in [5.74, 6) is -0.750. The van der Waals surface area contributed by atoms with Crippen LogP contribution < -0.4 is 35.8 Å². The number of amides is 4. The molecule has 1 unspecified atom stereocenters. The largest absolute Gasteiger partial charge is 0.494 e. The van der Waals surface area contributed by atoms with Crippen molar-refractivity contribution in [1.82, 2.24) is 30.0 Å². The predicted octanol–water partition coefficient (Wildman–Crippen LogP) is 5.11. The lowest BCUT2D eigenvalue weighted by Crippen LogP contribution is -2.54. The van der Waals surface area contributed by atoms with Crippen LogP contribution in [-0.4, -0.2) is 101 Å². The van der Waals surface area contributed by atoms with Gasteiger partial charge in [-0.05, 0) is 72.1 Å². The number of ether oxygens (including phenoxy) is 1. The lowest BCUT2D eigenvalue weighted by atomic mass is 10.0. The molecule has 0 spiro atoms. The average Bonchev–Trinajstić information content (AvgIpc) is 3.75. The van der Waals surface area contributed by atoms with Gasteiger partial charge in [-0.15, -0.1) is 0 Å². The molecule has 0 radical (unpaired) electrons. The molecular weight excluding hydrogens is 827 g/mol. The van der Waals surface area contributed by atoms with Crippen molar-refractivity contribution >= 4 is 86.5 Å². The molecule has 5 heterocycles. The molecule has 3 aromatic carbocycles. The predicted molar refractivity (Wildman–Crippen MR) is 225 cm³/mol. The number of aryl methyl sites for hydroxylation is 1. The number of anilines is 6. The van der Waals surface area contributed by atoms with Gasteiger partial charge in [0.05, 0.1) is 40.3 Å². The number of nitrogens with one attached hydrogen (secondary N) is 3. The topological polar surface area (TPSA) is 184 Å². The molecule has 298 valence electrons. The third-order valence-corrected chi connectivity index (χ3v) is 12.6. The monoisotopic (exact) mass is 866 g/mol. The summed E-state index contributed by atoms with van der Waals surface area (Å²) in [5, 5.41) is 14.1. The zero-order valence-electron chi connectivity index (χ0n) is 32.2. The maximum Gasteiger partial charge on any atom is 0.262 e. The highest BCUT2D eigenvalue weighted by Gasteiger charge is 2.45. The van der Waals surface area contributed by atoms with Crippen molar-refractivity contribution in [2.24, 2.45) is 7.05 Å². The molecule has 1 atom stereocenters. The zero-order chi connectivity index (χ0) is 40.9. The summed E-state index contributed by atoms with van der Waals surface area (Å²) in [4.78, 5) is 65.7. The van der Waals surface area contributed by atoms with Crippen LogP contribution in [0.4, 0.5) is 34.5 Å². The van der Waals surface area contributed by atoms with Gasteiger partial charge in [-0.1, -0.05) is 12.1 Å². The molecule has 3 N–H and O–H groups in total. The number of piperazine rings is 1. The highest BCUT2D eigenvalue weighted by atomic mass is 79.9. The number of carbonyl (C=O) groups is 4. The molecule has 0 aliphatic carbocycles. The van der Waals surface area contributed by atoms with E-state index in [4.69, 9.17) is 9.72 Å². The van der Waals surface area contributed by atoms with Crippen LogP contribution >= 0.6 is 23.1 Å². The number of fused-ring (bicyclic) bond motifs is 1. The van der Waals surface area contributed by atoms with E-state index in [1.54, 1.807) is 43.5 Å². The minimum atomic E-state index is -2.58. The van der Waals surface area contributed by atoms with Crippen molar-refractivity contribution in [2.45, 2.75) is 18.9 Å². The number of methoxy groups -OCH3 is 1. The maximum absolute atomic E-state index is 13.5. The van der Waals surface area contributed by atoms with Gasteiger partial charge in [-0.3, -0.25) is 34.1 Å². The molecular formula is C40H40BrN10O6P. The van der Waals surface area contributed by atoms with E-state index in [-0.39, 0.29) is 24.0 Å². The smallest absolute Gasteiger partial charge is 0.262 e. The second kappa shape index (κ2) is 15.4. The van der Waals surface area contributed by atoms with Crippen molar-refractivity contribution < 1.29 is 28.5 Å². The fourth-order valence-electron chi connectivity index (χ4n) is 7.56. The van der Waals surface area contributed by atoms with E-state index in [0.717, 1.165) is 27.4 Å². The second-order valence-electron chi connectivity index (χ2n) is 14.6. The fourth-order valence-corrected chi connectivity index (χ4v) is 9.01. The Morgan fingerprint density at radius 2 is 1.62 bits per heavy atom. The molecule has 8 rings (SSSR count). The van der Waals surface area contributed by atoms with Crippen LogP contribution in [0.25, 0.3) is 11.1 Å². The normalized spacial score (nSPS) is 17.1. The third kappa shape index (κ3) is 7.42. The lowest BCUT2D eigenvalue weighted by molar-refractivity contribution is -0.136. The number of rotatable bonds is 10. The van der Waals surface area contributed by atoms with E-state index >= 15 is 0 Å². The van der Waals surface area contributed by atoms with E-state index in [9.17, 15) is 23.7 Å². The first-order valence-electron chi connectivity index (χ1n) is 18.6. The third-order valence-electron chi connectivity index (χ3n) is 10.5. The Morgan fingerprint density at radius 3 is 2.33 bits per heavy atom. The minimum absolute atomic E-state index is 0.0612. The number of nitrogens with zero attached hydrogens (tertiary/aromatic N) is 7. The van der Waals surface area contributed by atoms with Gasteiger partial charge in [-0.2, -0.15) is 10.1 Å². The van der Waals surface area contributed by atoms with Gasteiger partial charge in [0.1, 0.15) is 24.8 Å². The molecule has 3 aliphatic heterocycles. The highest BCUT2D eigenvalue weighted by molar-refractivity contribution is 9.10. The highest BCUT2D eigenvalue weighted by Crippen LogP contribution is 2.42. The molecule has 3 aliphatic rings. The number of carbonyl (C=O) groups excluding carboxylic acids is 4. The Morgan fingerprint density at radius 1 is 0.879 bits per heavy atom. The molecule has 2 aromatic heterocycles. The maximum atomic E-state index is 13.5. The van der Waals surface area contributed by atoms with Gasteiger partial charge in [0.15, 0.2) is 0 Å². The molecule has 5 aromatic rings. The van der Waals surface area contributed by atoms with E-state index in [0.29, 0.717) is 64.8 Å². The summed E-state index contributed by atoms with van der Waals surface area (Å²) in [6, 6.07) is 15.6. The number of hydrogen-bond acceptors (Lipinski definition) is 13. The van der Waals surface area contributed by atoms with Crippen molar-refractivity contribution in [3.63, 3.8) is 0 Å². The van der Waals surface area contributed by atoms with E-state index in [2.05, 4.69) is 51.8 Å². The summed E-state index contributed by atoms with van der Waals surface area (Å²) in [5.41, 5.74) is 5.35. The second-order valence-corrected chi connectivity index (χ2v) is 18.7. The number of imide groups is 2. The number of halogens is 1. The van der Waals surface area contributed by atoms with E-state index < -0.39 is 36.8 Å². The van der Waals surface area contributed by atoms with Crippen molar-refractivity contribution in [1.29, 1.82) is 0 Å². The molecule has 2 saturated heterocycles. The molecule has 0 saturated carbocycles. The number of aromatic nitrogens is 4. The summed E-state index contributed by atoms with van der Waals surface area (Å²) in [7, 11) is 0.885. The van der Waals surface area contributed by atoms with Crippen LogP contribution in [0, 0.1) is 0 Å². The SMILES string of the molecule is COc1cc(N2CCN(c3ccc4c(c3)C(=O)N(C3CCC(=O)NC3=O)C4=O)CC2)c(-c2cnn(C)c2)cc1Nc1ncc(Br)c(Nc2ccccc2P(C)(C)=O)n1. The Balaban J connectivity index is 1.03. The van der Waals surface area contributed by atoms with Gasteiger partial charge in [-0.25, -0.2) is 4.98 Å². The van der Waals surface area contributed by atoms with Gasteiger partial charge >= 0.3 is 0 Å². The lowest BCUT2D eigenvalue weighted by Gasteiger charge is -2.38. The molecule has 18 heteroatoms. The minimum Gasteiger partial charge on any atom is -0.494 e. The van der Waals surface area contributed by atoms with Crippen molar-refractivity contribution in [3.8, 4) is 16.9 Å². The van der Waals surface area contributed by atoms with Gasteiger partial charge in [0, 0.05) is 85.9 Å². The quantitative estimate of drug-likeness (QED) is 0.125. The van der Waals surface area contributed by atoms with E-state index in [1.807, 2.05) is 61.9 Å². The Labute approximate surface area is 342 Å². The first kappa shape index (κ1) is 38.8. The summed E-state index contributed by atoms with van der Waals surface area (Å²) in [6.07, 6.45) is 5.56. The summed E-state index contributed by atoms with van der Waals surface area (Å²) >= 11 is 3.55. The number of benzene rings is 3. The molecule has 2 fully saturated rings. The van der Waals surface area contributed by atoms with Gasteiger partial charge < -0.3 is 29.7 Å². The standard InChI is InChI=1S/C40H40BrN10O6P/c1-48-22-23(20-43-48)26-18-30(45-40-42-21-28(41)36(47-40)44-29-7-5-6-8-34(29)58(3,4)56)33(57-2)19-32(26)50-15-13-49(14-16-50)24-9-10-25-27(17-24)39(55)51(38(25)54)31-11-12-35(52)46-37(31)53/h5-10,17-22,31H,11-16H2,1-4H3,(H,46,52,53)(H2,42,44,45,47). The van der Waals surface area contributed by atoms with Crippen LogP contribution in [0.3, 0.4) is 0 Å². The molecule has 16 nitrogen and oxygen atoms in total. The van der Waals surface area contributed by atoms with Crippen LogP contribution in [0.1, 0.15) is 33.6 Å². The van der Waals surface area contributed by atoms with Crippen LogP contribution in [0.5, 0.6) is 5.75 Å². The Kier molecular flexibility index (Phi) is 10.3. The van der Waals surface area contributed by atoms with E-state index in [1.165, 1.54) is 0 Å². The molecule has 4 amide bonds. The number of hydrogen-bond donors (Lipinski definition) is 3. The summed E-state index contributed by atoms with van der Waals surface area (Å²) < 4.78 is 21.3. The first-order valence-corrected chi connectivity index (χ1v) is 22.0. The van der Waals surface area contributed by atoms with Crippen molar-refractivity contribution in [2.75, 3.05) is 67.1 Å². The average molecular weight is 868 g/mol. The van der Waals surface area contributed by atoms with Crippen molar-refractivity contribution in [3.05, 3.63) is 88.8 Å². The fraction of sp³-hybridized carbons (Fsp3) is 0.275. The summed E-state index contributed by atoms with van der Waals surface area (Å²) in [6.45, 7) is 5.95. The Bertz CT molecular complexity index is 2550. The van der Waals surface area contributed by atoms with Crippen LogP contribution in [-0.2, 0) is 21.2 Å². The van der Waals surface area contributed by atoms with Gasteiger partial charge in [0.25, 0.3) is 11.8 Å².